The molecular formula is C27H31FN4O2. The van der Waals surface area contributed by atoms with Crippen LogP contribution in [0.1, 0.15) is 73.3 Å². The Labute approximate surface area is 199 Å². The zero-order chi connectivity index (χ0) is 24.4. The maximum Gasteiger partial charge on any atom is 0.322 e. The van der Waals surface area contributed by atoms with Crippen LogP contribution in [0.5, 0.6) is 0 Å². The maximum atomic E-state index is 13.5. The minimum atomic E-state index is -0.320. The van der Waals surface area contributed by atoms with Crippen molar-refractivity contribution in [3.05, 3.63) is 92.4 Å². The quantitative estimate of drug-likeness (QED) is 0.537. The Morgan fingerprint density at radius 3 is 2.44 bits per heavy atom. The van der Waals surface area contributed by atoms with E-state index in [4.69, 9.17) is 0 Å². The van der Waals surface area contributed by atoms with Crippen molar-refractivity contribution in [2.75, 3.05) is 11.9 Å². The molecule has 0 unspecified atom stereocenters. The predicted octanol–water partition coefficient (Wildman–Crippen LogP) is 5.34. The van der Waals surface area contributed by atoms with Gasteiger partial charge in [0.2, 0.25) is 0 Å². The summed E-state index contributed by atoms with van der Waals surface area (Å²) in [6.07, 6.45) is 0.833. The smallest absolute Gasteiger partial charge is 0.320 e. The van der Waals surface area contributed by atoms with Gasteiger partial charge in [0.1, 0.15) is 11.6 Å². The molecule has 2 aromatic carbocycles. The Kier molecular flexibility index (Phi) is 6.82. The minimum absolute atomic E-state index is 0.199. The average molecular weight is 463 g/mol. The number of urea groups is 1. The van der Waals surface area contributed by atoms with Crippen LogP contribution in [0.3, 0.4) is 0 Å². The summed E-state index contributed by atoms with van der Waals surface area (Å²) in [6.45, 7) is 9.11. The zero-order valence-corrected chi connectivity index (χ0v) is 20.1. The molecule has 6 nitrogen and oxygen atoms in total. The van der Waals surface area contributed by atoms with Crippen LogP contribution in [0.4, 0.5) is 14.9 Å². The molecule has 2 N–H and O–H groups in total. The summed E-state index contributed by atoms with van der Waals surface area (Å²) < 4.78 is 13.5. The summed E-state index contributed by atoms with van der Waals surface area (Å²) in [4.78, 5) is 35.1. The topological polar surface area (TPSA) is 78.1 Å². The van der Waals surface area contributed by atoms with Crippen LogP contribution in [0.2, 0.25) is 0 Å². The van der Waals surface area contributed by atoms with Crippen molar-refractivity contribution >= 4 is 11.7 Å². The molecule has 0 saturated heterocycles. The fourth-order valence-electron chi connectivity index (χ4n) is 4.46. The number of halogens is 1. The lowest BCUT2D eigenvalue weighted by molar-refractivity contribution is 0.205. The first kappa shape index (κ1) is 23.7. The third kappa shape index (κ3) is 5.03. The number of H-pyrrole nitrogens is 1. The number of nitrogens with one attached hydrogen (secondary N) is 2. The van der Waals surface area contributed by atoms with Gasteiger partial charge in [-0.25, -0.2) is 14.2 Å². The van der Waals surface area contributed by atoms with Crippen molar-refractivity contribution in [2.45, 2.75) is 58.9 Å². The normalized spacial score (nSPS) is 13.3. The second-order valence-electron chi connectivity index (χ2n) is 9.47. The Bertz CT molecular complexity index is 1240. The second kappa shape index (κ2) is 9.79. The van der Waals surface area contributed by atoms with Crippen LogP contribution in [0, 0.1) is 5.82 Å². The van der Waals surface area contributed by atoms with Crippen molar-refractivity contribution in [1.82, 2.24) is 14.9 Å². The molecule has 178 valence electrons. The minimum Gasteiger partial charge on any atom is -0.320 e. The summed E-state index contributed by atoms with van der Waals surface area (Å²) >= 11 is 0. The van der Waals surface area contributed by atoms with Gasteiger partial charge in [-0.3, -0.25) is 4.79 Å². The number of anilines is 1. The molecule has 0 saturated carbocycles. The Morgan fingerprint density at radius 1 is 1.12 bits per heavy atom. The number of hydrogen-bond acceptors (Lipinski definition) is 3. The standard InChI is InChI=1S/C27H31FN4O2/c1-16(2)20-9-6-10-21(17(3)4)25(20)31-27(34)32-12-11-23-22(15-32)26(33)30-24(29-23)14-18-7-5-8-19(28)13-18/h5-10,13,16-17H,11-12,14-15H2,1-4H3,(H,31,34)(H,29,30,33). The number of carbonyl (C=O) groups excluding carboxylic acids is 1. The number of carbonyl (C=O) groups is 1. The Morgan fingerprint density at radius 2 is 1.79 bits per heavy atom. The van der Waals surface area contributed by atoms with Gasteiger partial charge in [-0.2, -0.15) is 0 Å². The fourth-order valence-corrected chi connectivity index (χ4v) is 4.46. The molecule has 2 amide bonds. The number of nitrogens with zero attached hydrogens (tertiary/aromatic N) is 2. The van der Waals surface area contributed by atoms with Gasteiger partial charge >= 0.3 is 6.03 Å². The first-order valence-corrected chi connectivity index (χ1v) is 11.8. The van der Waals surface area contributed by atoms with E-state index in [1.54, 1.807) is 17.0 Å². The number of fused-ring (bicyclic) bond motifs is 1. The van der Waals surface area contributed by atoms with Crippen LogP contribution < -0.4 is 10.9 Å². The second-order valence-corrected chi connectivity index (χ2v) is 9.47. The van der Waals surface area contributed by atoms with E-state index in [-0.39, 0.29) is 35.8 Å². The molecule has 1 aliphatic rings. The third-order valence-electron chi connectivity index (χ3n) is 6.27. The first-order chi connectivity index (χ1) is 16.2. The summed E-state index contributed by atoms with van der Waals surface area (Å²) in [5.74, 6) is 0.707. The first-order valence-electron chi connectivity index (χ1n) is 11.8. The van der Waals surface area contributed by atoms with Gasteiger partial charge in [0.15, 0.2) is 0 Å². The lowest BCUT2D eigenvalue weighted by atomic mass is 9.92. The predicted molar refractivity (Wildman–Crippen MR) is 132 cm³/mol. The van der Waals surface area contributed by atoms with Gasteiger partial charge in [-0.15, -0.1) is 0 Å². The number of para-hydroxylation sites is 1. The van der Waals surface area contributed by atoms with Crippen LogP contribution in [-0.2, 0) is 19.4 Å². The SMILES string of the molecule is CC(C)c1cccc(C(C)C)c1NC(=O)N1CCc2nc(Cc3cccc(F)c3)[nH]c(=O)c2C1. The summed E-state index contributed by atoms with van der Waals surface area (Å²) in [5, 5.41) is 3.13. The number of aromatic amines is 1. The van der Waals surface area contributed by atoms with Gasteiger partial charge in [-0.05, 0) is 40.7 Å². The van der Waals surface area contributed by atoms with Gasteiger partial charge in [0, 0.05) is 25.1 Å². The number of hydrogen-bond donors (Lipinski definition) is 2. The van der Waals surface area contributed by atoms with E-state index in [9.17, 15) is 14.0 Å². The maximum absolute atomic E-state index is 13.5. The van der Waals surface area contributed by atoms with Crippen molar-refractivity contribution in [3.8, 4) is 0 Å². The molecule has 0 spiro atoms. The molecule has 0 atom stereocenters. The zero-order valence-electron chi connectivity index (χ0n) is 20.1. The van der Waals surface area contributed by atoms with Crippen molar-refractivity contribution in [2.24, 2.45) is 0 Å². The van der Waals surface area contributed by atoms with Gasteiger partial charge in [0.05, 0.1) is 17.8 Å². The lowest BCUT2D eigenvalue weighted by Gasteiger charge is -2.29. The van der Waals surface area contributed by atoms with Gasteiger partial charge < -0.3 is 15.2 Å². The molecule has 34 heavy (non-hydrogen) atoms. The Hall–Kier alpha value is -3.48. The molecule has 0 fully saturated rings. The number of rotatable bonds is 5. The number of benzene rings is 2. The van der Waals surface area contributed by atoms with Crippen molar-refractivity contribution < 1.29 is 9.18 Å². The molecule has 7 heteroatoms. The molecule has 3 aromatic rings. The van der Waals surface area contributed by atoms with E-state index in [2.05, 4.69) is 43.0 Å². The molecule has 1 aliphatic heterocycles. The summed E-state index contributed by atoms with van der Waals surface area (Å²) in [6, 6.07) is 12.2. The Balaban J connectivity index is 1.54. The monoisotopic (exact) mass is 462 g/mol. The van der Waals surface area contributed by atoms with Crippen LogP contribution in [-0.4, -0.2) is 27.4 Å². The molecule has 0 radical (unpaired) electrons. The molecule has 0 aliphatic carbocycles. The highest BCUT2D eigenvalue weighted by Gasteiger charge is 2.26. The molecule has 4 rings (SSSR count). The highest BCUT2D eigenvalue weighted by Crippen LogP contribution is 2.32. The lowest BCUT2D eigenvalue weighted by Crippen LogP contribution is -2.42. The third-order valence-corrected chi connectivity index (χ3v) is 6.27. The van der Waals surface area contributed by atoms with E-state index >= 15 is 0 Å². The van der Waals surface area contributed by atoms with Gasteiger partial charge in [-0.1, -0.05) is 58.0 Å². The highest BCUT2D eigenvalue weighted by molar-refractivity contribution is 5.91. The van der Waals surface area contributed by atoms with Crippen molar-refractivity contribution in [3.63, 3.8) is 0 Å². The molecular weight excluding hydrogens is 431 g/mol. The van der Waals surface area contributed by atoms with E-state index < -0.39 is 0 Å². The molecule has 1 aromatic heterocycles. The van der Waals surface area contributed by atoms with E-state index in [1.807, 2.05) is 18.2 Å². The summed E-state index contributed by atoms with van der Waals surface area (Å²) in [5.41, 5.74) is 4.75. The molecule has 2 heterocycles. The molecule has 0 bridgehead atoms. The number of amides is 2. The van der Waals surface area contributed by atoms with Crippen LogP contribution >= 0.6 is 0 Å². The fraction of sp³-hybridized carbons (Fsp3) is 0.370. The number of aromatic nitrogens is 2. The van der Waals surface area contributed by atoms with E-state index in [0.717, 1.165) is 22.4 Å². The highest BCUT2D eigenvalue weighted by atomic mass is 19.1. The largest absolute Gasteiger partial charge is 0.322 e. The van der Waals surface area contributed by atoms with E-state index in [0.29, 0.717) is 36.5 Å². The van der Waals surface area contributed by atoms with E-state index in [1.165, 1.54) is 12.1 Å². The summed E-state index contributed by atoms with van der Waals surface area (Å²) in [7, 11) is 0. The van der Waals surface area contributed by atoms with Crippen LogP contribution in [0.15, 0.2) is 47.3 Å². The van der Waals surface area contributed by atoms with Gasteiger partial charge in [0.25, 0.3) is 5.56 Å². The average Bonchev–Trinajstić information content (AvgIpc) is 2.78. The van der Waals surface area contributed by atoms with Crippen molar-refractivity contribution in [1.29, 1.82) is 0 Å². The van der Waals surface area contributed by atoms with Crippen LogP contribution in [0.25, 0.3) is 0 Å².